The van der Waals surface area contributed by atoms with Gasteiger partial charge in [0.25, 0.3) is 0 Å². The van der Waals surface area contributed by atoms with Crippen LogP contribution in [0.3, 0.4) is 0 Å². The molecule has 3 aromatic carbocycles. The van der Waals surface area contributed by atoms with E-state index >= 15 is 0 Å². The van der Waals surface area contributed by atoms with Gasteiger partial charge in [0, 0.05) is 11.6 Å². The maximum Gasteiger partial charge on any atom is 0.343 e. The van der Waals surface area contributed by atoms with E-state index in [-0.39, 0.29) is 28.5 Å². The number of hydrogen-bond donors (Lipinski definition) is 0. The fraction of sp³-hybridized carbons (Fsp3) is 0.321. The fourth-order valence-electron chi connectivity index (χ4n) is 4.44. The molecule has 0 atom stereocenters. The summed E-state index contributed by atoms with van der Waals surface area (Å²) in [6.45, 7) is 4.24. The first kappa shape index (κ1) is 23.9. The SMILES string of the molecule is CCOc1ccc(OC(=O)c2ccc(-c3ccc(C4CCC(C)CC4)c(F)c3F)cc2)cc1F. The van der Waals surface area contributed by atoms with Gasteiger partial charge in [-0.05, 0) is 67.0 Å². The molecule has 0 amide bonds. The van der Waals surface area contributed by atoms with Crippen molar-refractivity contribution in [1.82, 2.24) is 0 Å². The van der Waals surface area contributed by atoms with E-state index in [0.29, 0.717) is 23.7 Å². The first-order chi connectivity index (χ1) is 16.4. The number of ether oxygens (including phenoxy) is 2. The van der Waals surface area contributed by atoms with Crippen molar-refractivity contribution >= 4 is 5.97 Å². The van der Waals surface area contributed by atoms with Crippen molar-refractivity contribution in [2.45, 2.75) is 45.4 Å². The minimum atomic E-state index is -0.878. The van der Waals surface area contributed by atoms with Crippen LogP contribution in [0.1, 0.15) is 61.4 Å². The lowest BCUT2D eigenvalue weighted by molar-refractivity contribution is 0.0734. The Morgan fingerprint density at radius 2 is 1.62 bits per heavy atom. The Balaban J connectivity index is 1.48. The van der Waals surface area contributed by atoms with E-state index in [2.05, 4.69) is 6.92 Å². The van der Waals surface area contributed by atoms with Crippen LogP contribution in [0.2, 0.25) is 0 Å². The molecular formula is C28H27F3O3. The molecule has 4 rings (SSSR count). The van der Waals surface area contributed by atoms with Crippen LogP contribution in [-0.4, -0.2) is 12.6 Å². The Hall–Kier alpha value is -3.28. The van der Waals surface area contributed by atoms with Crippen molar-refractivity contribution in [3.05, 3.63) is 83.2 Å². The maximum atomic E-state index is 14.9. The number of halogens is 3. The molecule has 1 aliphatic carbocycles. The third-order valence-corrected chi connectivity index (χ3v) is 6.41. The van der Waals surface area contributed by atoms with E-state index in [1.54, 1.807) is 19.1 Å². The standard InChI is InChI=1S/C28H27F3O3/c1-3-33-25-15-12-21(16-24(25)29)34-28(32)20-10-8-19(9-11-20)23-14-13-22(26(30)27(23)31)18-6-4-17(2)5-7-18/h8-18H,3-7H2,1-2H3. The van der Waals surface area contributed by atoms with Gasteiger partial charge < -0.3 is 9.47 Å². The van der Waals surface area contributed by atoms with Gasteiger partial charge in [-0.2, -0.15) is 0 Å². The van der Waals surface area contributed by atoms with Crippen LogP contribution in [0.5, 0.6) is 11.5 Å². The van der Waals surface area contributed by atoms with Gasteiger partial charge in [-0.1, -0.05) is 44.0 Å². The first-order valence-electron chi connectivity index (χ1n) is 11.6. The van der Waals surface area contributed by atoms with Crippen molar-refractivity contribution in [1.29, 1.82) is 0 Å². The Labute approximate surface area is 197 Å². The second-order valence-corrected chi connectivity index (χ2v) is 8.78. The number of rotatable bonds is 6. The average Bonchev–Trinajstić information content (AvgIpc) is 2.83. The molecule has 0 aliphatic heterocycles. The summed E-state index contributed by atoms with van der Waals surface area (Å²) in [5.41, 5.74) is 1.23. The van der Waals surface area contributed by atoms with Crippen LogP contribution < -0.4 is 9.47 Å². The highest BCUT2D eigenvalue weighted by Crippen LogP contribution is 2.38. The molecule has 1 saturated carbocycles. The van der Waals surface area contributed by atoms with Crippen molar-refractivity contribution in [2.75, 3.05) is 6.61 Å². The van der Waals surface area contributed by atoms with Crippen LogP contribution in [0, 0.1) is 23.4 Å². The van der Waals surface area contributed by atoms with E-state index < -0.39 is 23.4 Å². The molecule has 34 heavy (non-hydrogen) atoms. The molecule has 0 saturated heterocycles. The Bertz CT molecular complexity index is 1170. The summed E-state index contributed by atoms with van der Waals surface area (Å²) in [6.07, 6.45) is 3.78. The lowest BCUT2D eigenvalue weighted by Gasteiger charge is -2.27. The van der Waals surface area contributed by atoms with E-state index in [9.17, 15) is 18.0 Å². The maximum absolute atomic E-state index is 14.9. The smallest absolute Gasteiger partial charge is 0.343 e. The average molecular weight is 469 g/mol. The second kappa shape index (κ2) is 10.3. The Kier molecular flexibility index (Phi) is 7.25. The molecule has 1 aliphatic rings. The molecule has 6 heteroatoms. The third-order valence-electron chi connectivity index (χ3n) is 6.41. The Morgan fingerprint density at radius 3 is 2.26 bits per heavy atom. The van der Waals surface area contributed by atoms with Gasteiger partial charge in [-0.15, -0.1) is 0 Å². The lowest BCUT2D eigenvalue weighted by atomic mass is 9.79. The van der Waals surface area contributed by atoms with Gasteiger partial charge in [-0.3, -0.25) is 0 Å². The highest BCUT2D eigenvalue weighted by atomic mass is 19.2. The monoisotopic (exact) mass is 468 g/mol. The highest BCUT2D eigenvalue weighted by Gasteiger charge is 2.25. The van der Waals surface area contributed by atoms with Crippen LogP contribution in [0.4, 0.5) is 13.2 Å². The topological polar surface area (TPSA) is 35.5 Å². The van der Waals surface area contributed by atoms with E-state index in [0.717, 1.165) is 31.7 Å². The summed E-state index contributed by atoms with van der Waals surface area (Å²) in [6, 6.07) is 13.2. The fourth-order valence-corrected chi connectivity index (χ4v) is 4.44. The van der Waals surface area contributed by atoms with Gasteiger partial charge in [0.2, 0.25) is 0 Å². The highest BCUT2D eigenvalue weighted by molar-refractivity contribution is 5.91. The minimum Gasteiger partial charge on any atom is -0.491 e. The normalized spacial score (nSPS) is 17.9. The molecule has 3 nitrogen and oxygen atoms in total. The molecule has 3 aromatic rings. The molecule has 0 unspecified atom stereocenters. The van der Waals surface area contributed by atoms with Gasteiger partial charge >= 0.3 is 5.97 Å². The number of hydrogen-bond acceptors (Lipinski definition) is 3. The van der Waals surface area contributed by atoms with Crippen molar-refractivity contribution in [3.8, 4) is 22.6 Å². The first-order valence-corrected chi connectivity index (χ1v) is 11.6. The molecular weight excluding hydrogens is 441 g/mol. The molecule has 0 heterocycles. The number of carbonyl (C=O) groups is 1. The van der Waals surface area contributed by atoms with Gasteiger partial charge in [0.1, 0.15) is 5.75 Å². The zero-order valence-corrected chi connectivity index (χ0v) is 19.2. The molecule has 1 fully saturated rings. The lowest BCUT2D eigenvalue weighted by Crippen LogP contribution is -2.13. The molecule has 0 N–H and O–H groups in total. The molecule has 0 bridgehead atoms. The van der Waals surface area contributed by atoms with Crippen LogP contribution >= 0.6 is 0 Å². The third kappa shape index (κ3) is 5.11. The van der Waals surface area contributed by atoms with E-state index in [1.165, 1.54) is 36.4 Å². The summed E-state index contributed by atoms with van der Waals surface area (Å²) in [7, 11) is 0. The van der Waals surface area contributed by atoms with Crippen LogP contribution in [0.15, 0.2) is 54.6 Å². The summed E-state index contributed by atoms with van der Waals surface area (Å²) in [5, 5.41) is 0. The van der Waals surface area contributed by atoms with E-state index in [4.69, 9.17) is 9.47 Å². The van der Waals surface area contributed by atoms with Gasteiger partial charge in [0.15, 0.2) is 23.2 Å². The zero-order valence-electron chi connectivity index (χ0n) is 19.2. The molecule has 178 valence electrons. The zero-order chi connectivity index (χ0) is 24.2. The van der Waals surface area contributed by atoms with Crippen molar-refractivity contribution < 1.29 is 27.4 Å². The van der Waals surface area contributed by atoms with Crippen molar-refractivity contribution in [2.24, 2.45) is 5.92 Å². The van der Waals surface area contributed by atoms with Crippen LogP contribution in [0.25, 0.3) is 11.1 Å². The number of carbonyl (C=O) groups excluding carboxylic acids is 1. The second-order valence-electron chi connectivity index (χ2n) is 8.78. The quantitative estimate of drug-likeness (QED) is 0.275. The molecule has 0 radical (unpaired) electrons. The summed E-state index contributed by atoms with van der Waals surface area (Å²) < 4.78 is 54.2. The summed E-state index contributed by atoms with van der Waals surface area (Å²) in [5.74, 6) is -2.21. The minimum absolute atomic E-state index is 0.0378. The summed E-state index contributed by atoms with van der Waals surface area (Å²) >= 11 is 0. The number of esters is 1. The van der Waals surface area contributed by atoms with Crippen LogP contribution in [-0.2, 0) is 0 Å². The molecule has 0 aromatic heterocycles. The largest absolute Gasteiger partial charge is 0.491 e. The predicted octanol–water partition coefficient (Wildman–Crippen LogP) is 7.68. The van der Waals surface area contributed by atoms with E-state index in [1.807, 2.05) is 0 Å². The van der Waals surface area contributed by atoms with Gasteiger partial charge in [0.05, 0.1) is 12.2 Å². The van der Waals surface area contributed by atoms with Crippen molar-refractivity contribution in [3.63, 3.8) is 0 Å². The summed E-state index contributed by atoms with van der Waals surface area (Å²) in [4.78, 5) is 12.4. The molecule has 0 spiro atoms. The Morgan fingerprint density at radius 1 is 0.912 bits per heavy atom. The predicted molar refractivity (Wildman–Crippen MR) is 125 cm³/mol. The van der Waals surface area contributed by atoms with Gasteiger partial charge in [-0.25, -0.2) is 18.0 Å². The number of benzene rings is 3.